The number of rotatable bonds is 12. The normalized spacial score (nSPS) is 21.6. The molecule has 12 heteroatoms. The molecule has 4 heterocycles. The number of thiol groups is 1. The minimum Gasteiger partial charge on any atom is -0.493 e. The molecule has 0 saturated carbocycles. The Bertz CT molecular complexity index is 2340. The largest absolute Gasteiger partial charge is 0.493 e. The van der Waals surface area contributed by atoms with Crippen molar-refractivity contribution in [3.05, 3.63) is 136 Å². The van der Waals surface area contributed by atoms with E-state index in [4.69, 9.17) is 31.6 Å². The van der Waals surface area contributed by atoms with E-state index in [0.717, 1.165) is 69.4 Å². The number of carbonyl (C=O) groups excluding carboxylic acids is 2. The van der Waals surface area contributed by atoms with Crippen LogP contribution in [0.5, 0.6) is 11.5 Å². The van der Waals surface area contributed by atoms with E-state index < -0.39 is 12.2 Å². The third-order valence-corrected chi connectivity index (χ3v) is 13.2. The Morgan fingerprint density at radius 2 is 1.52 bits per heavy atom. The van der Waals surface area contributed by atoms with Crippen LogP contribution in [0.1, 0.15) is 52.0 Å². The smallest absolute Gasteiger partial charge is 0.262 e. The molecule has 1 saturated heterocycles. The lowest BCUT2D eigenvalue weighted by atomic mass is 9.97. The van der Waals surface area contributed by atoms with Crippen molar-refractivity contribution in [3.63, 3.8) is 0 Å². The molecule has 9 rings (SSSR count). The molecule has 0 bridgehead atoms. The standard InChI is InChI=1S/C46H48N4O6S2/c1-46(2,57)26-58-25-29-14-27(23-55-41-20-35-33(18-39(41)53-3)44(51)49-32(22-47-35)16-30-9-5-7-11-37(30)49)13-28(15-29)24-56-42-21-36-34(19-40(42)54-4)45(52)50-38-12-8-6-10-31(38)17-43(50)48-36/h5-15,18-21,32,39,41,43,47-48,57H,16-17,22-26H2,1-4H3/t32-,39?,41?,43?/m0/s1. The average molecular weight is 817 g/mol. The zero-order valence-corrected chi connectivity index (χ0v) is 34.8. The number of benzene rings is 4. The highest BCUT2D eigenvalue weighted by Crippen LogP contribution is 2.43. The van der Waals surface area contributed by atoms with Crippen LogP contribution in [0.4, 0.5) is 17.1 Å². The van der Waals surface area contributed by atoms with Crippen molar-refractivity contribution < 1.29 is 28.5 Å². The molecule has 300 valence electrons. The molecule has 4 aromatic carbocycles. The van der Waals surface area contributed by atoms with Crippen molar-refractivity contribution in [2.75, 3.05) is 41.6 Å². The Hall–Kier alpha value is -4.88. The first-order chi connectivity index (χ1) is 28.1. The van der Waals surface area contributed by atoms with Gasteiger partial charge < -0.3 is 34.5 Å². The fraction of sp³-hybridized carbons (Fsp3) is 0.348. The highest BCUT2D eigenvalue weighted by atomic mass is 32.2. The lowest BCUT2D eigenvalue weighted by Gasteiger charge is -2.33. The number of amides is 2. The van der Waals surface area contributed by atoms with Gasteiger partial charge in [-0.05, 0) is 64.6 Å². The van der Waals surface area contributed by atoms with Gasteiger partial charge >= 0.3 is 0 Å². The van der Waals surface area contributed by atoms with Crippen LogP contribution in [0.25, 0.3) is 0 Å². The number of nitrogens with one attached hydrogen (secondary N) is 2. The van der Waals surface area contributed by atoms with E-state index in [1.165, 1.54) is 5.56 Å². The summed E-state index contributed by atoms with van der Waals surface area (Å²) in [6.07, 6.45) is 4.43. The lowest BCUT2D eigenvalue weighted by Crippen LogP contribution is -2.46. The Morgan fingerprint density at radius 1 is 0.810 bits per heavy atom. The van der Waals surface area contributed by atoms with Crippen LogP contribution >= 0.6 is 24.4 Å². The van der Waals surface area contributed by atoms with E-state index >= 15 is 0 Å². The van der Waals surface area contributed by atoms with Crippen LogP contribution in [0, 0.1) is 0 Å². The maximum Gasteiger partial charge on any atom is 0.262 e. The minimum atomic E-state index is -0.444. The van der Waals surface area contributed by atoms with Gasteiger partial charge in [0.05, 0.1) is 36.6 Å². The Morgan fingerprint density at radius 3 is 2.26 bits per heavy atom. The summed E-state index contributed by atoms with van der Waals surface area (Å²) in [5.74, 6) is 2.65. The molecule has 0 radical (unpaired) electrons. The first kappa shape index (κ1) is 38.6. The highest BCUT2D eigenvalue weighted by Gasteiger charge is 2.42. The van der Waals surface area contributed by atoms with Gasteiger partial charge in [-0.25, -0.2) is 0 Å². The van der Waals surface area contributed by atoms with Crippen LogP contribution in [0.3, 0.4) is 0 Å². The maximum absolute atomic E-state index is 14.0. The SMILES string of the molecule is COc1cc2c(cc1OCc1cc(COC3C=C4NC[C@@H]5Cc6ccccc6N5C(=O)C4=CC3OC)cc(CSCC(C)(C)S)c1)NC1Cc3ccccc3N1C2=O. The van der Waals surface area contributed by atoms with E-state index in [2.05, 4.69) is 54.8 Å². The molecule has 2 N–H and O–H groups in total. The molecule has 10 nitrogen and oxygen atoms in total. The number of thioether (sulfide) groups is 1. The van der Waals surface area contributed by atoms with E-state index in [0.29, 0.717) is 35.8 Å². The molecular formula is C46H48N4O6S2. The van der Waals surface area contributed by atoms with E-state index in [1.54, 1.807) is 20.3 Å². The number of hydrogen-bond acceptors (Lipinski definition) is 10. The van der Waals surface area contributed by atoms with Crippen LogP contribution in [-0.2, 0) is 46.1 Å². The molecule has 3 unspecified atom stereocenters. The number of methoxy groups -OCH3 is 2. The number of anilines is 3. The van der Waals surface area contributed by atoms with Gasteiger partial charge in [-0.2, -0.15) is 24.4 Å². The van der Waals surface area contributed by atoms with Crippen LogP contribution in [0.15, 0.2) is 102 Å². The predicted octanol–water partition coefficient (Wildman–Crippen LogP) is 7.46. The molecule has 2 amide bonds. The van der Waals surface area contributed by atoms with Crippen molar-refractivity contribution >= 4 is 53.3 Å². The first-order valence-corrected chi connectivity index (χ1v) is 21.4. The fourth-order valence-electron chi connectivity index (χ4n) is 8.69. The fourth-order valence-corrected chi connectivity index (χ4v) is 9.97. The highest BCUT2D eigenvalue weighted by molar-refractivity contribution is 7.99. The topological polar surface area (TPSA) is 102 Å². The number of para-hydroxylation sites is 2. The summed E-state index contributed by atoms with van der Waals surface area (Å²) in [7, 11) is 3.24. The molecule has 4 atom stereocenters. The molecule has 4 aromatic rings. The first-order valence-electron chi connectivity index (χ1n) is 19.8. The summed E-state index contributed by atoms with van der Waals surface area (Å²) in [5.41, 5.74) is 10.0. The van der Waals surface area contributed by atoms with Gasteiger partial charge in [-0.15, -0.1) is 0 Å². The summed E-state index contributed by atoms with van der Waals surface area (Å²) in [6.45, 7) is 5.49. The van der Waals surface area contributed by atoms with E-state index in [9.17, 15) is 9.59 Å². The average Bonchev–Trinajstić information content (AvgIpc) is 3.74. The summed E-state index contributed by atoms with van der Waals surface area (Å²) in [5, 5.41) is 7.13. The molecule has 58 heavy (non-hydrogen) atoms. The molecule has 4 aliphatic heterocycles. The van der Waals surface area contributed by atoms with Crippen LogP contribution in [0.2, 0.25) is 0 Å². The molecule has 5 aliphatic rings. The van der Waals surface area contributed by atoms with Crippen LogP contribution < -0.4 is 29.9 Å². The van der Waals surface area contributed by atoms with E-state index in [1.807, 2.05) is 76.2 Å². The van der Waals surface area contributed by atoms with Crippen LogP contribution in [-0.4, -0.2) is 67.5 Å². The maximum atomic E-state index is 14.0. The molecule has 1 aliphatic carbocycles. The number of fused-ring (bicyclic) bond motifs is 8. The van der Waals surface area contributed by atoms with E-state index in [-0.39, 0.29) is 35.4 Å². The summed E-state index contributed by atoms with van der Waals surface area (Å²) >= 11 is 6.57. The minimum absolute atomic E-state index is 0.0186. The summed E-state index contributed by atoms with van der Waals surface area (Å²) in [6, 6.07) is 26.3. The van der Waals surface area contributed by atoms with Gasteiger partial charge in [0.15, 0.2) is 11.5 Å². The number of carbonyl (C=O) groups is 2. The molecule has 1 fully saturated rings. The predicted molar refractivity (Wildman–Crippen MR) is 232 cm³/mol. The zero-order valence-electron chi connectivity index (χ0n) is 33.1. The third-order valence-electron chi connectivity index (χ3n) is 11.3. The van der Waals surface area contributed by atoms with Gasteiger partial charge in [-0.3, -0.25) is 14.5 Å². The van der Waals surface area contributed by atoms with Gasteiger partial charge in [0, 0.05) is 59.5 Å². The number of ether oxygens (including phenoxy) is 4. The number of nitrogens with zero attached hydrogens (tertiary/aromatic N) is 2. The van der Waals surface area contributed by atoms with Gasteiger partial charge in [0.25, 0.3) is 11.8 Å². The second-order valence-electron chi connectivity index (χ2n) is 16.1. The quantitative estimate of drug-likeness (QED) is 0.126. The van der Waals surface area contributed by atoms with Crippen molar-refractivity contribution in [2.45, 2.75) is 74.8 Å². The lowest BCUT2D eigenvalue weighted by molar-refractivity contribution is -0.115. The number of hydrogen-bond donors (Lipinski definition) is 3. The Labute approximate surface area is 349 Å². The van der Waals surface area contributed by atoms with Crippen molar-refractivity contribution in [1.82, 2.24) is 5.32 Å². The Kier molecular flexibility index (Phi) is 10.5. The third kappa shape index (κ3) is 7.47. The second kappa shape index (κ2) is 15.7. The van der Waals surface area contributed by atoms with Crippen molar-refractivity contribution in [1.29, 1.82) is 0 Å². The molecule has 0 aromatic heterocycles. The summed E-state index contributed by atoms with van der Waals surface area (Å²) < 4.78 is 24.7. The zero-order chi connectivity index (χ0) is 40.1. The van der Waals surface area contributed by atoms with Gasteiger partial charge in [-0.1, -0.05) is 68.4 Å². The van der Waals surface area contributed by atoms with Crippen molar-refractivity contribution in [3.8, 4) is 11.5 Å². The summed E-state index contributed by atoms with van der Waals surface area (Å²) in [4.78, 5) is 31.5. The molecule has 0 spiro atoms. The van der Waals surface area contributed by atoms with Crippen molar-refractivity contribution in [2.24, 2.45) is 0 Å². The monoisotopic (exact) mass is 816 g/mol. The Balaban J connectivity index is 0.931. The van der Waals surface area contributed by atoms with Gasteiger partial charge in [0.1, 0.15) is 25.0 Å². The second-order valence-corrected chi connectivity index (χ2v) is 18.3. The van der Waals surface area contributed by atoms with Gasteiger partial charge in [0.2, 0.25) is 0 Å². The molecular weight excluding hydrogens is 769 g/mol.